The Hall–Kier alpha value is -2.82. The highest BCUT2D eigenvalue weighted by Crippen LogP contribution is 2.43. The van der Waals surface area contributed by atoms with E-state index in [0.29, 0.717) is 11.3 Å². The van der Waals surface area contributed by atoms with E-state index < -0.39 is 17.6 Å². The number of halogens is 2. The Morgan fingerprint density at radius 2 is 1.66 bits per heavy atom. The second-order valence-electron chi connectivity index (χ2n) is 11.7. The molecule has 0 aliphatic heterocycles. The van der Waals surface area contributed by atoms with Gasteiger partial charge in [0.25, 0.3) is 0 Å². The van der Waals surface area contributed by atoms with Crippen molar-refractivity contribution in [2.45, 2.75) is 110 Å². The minimum absolute atomic E-state index is 0.0417. The Morgan fingerprint density at radius 3 is 2.16 bits per heavy atom. The average molecular weight is 540 g/mol. The second kappa shape index (κ2) is 13.3. The van der Waals surface area contributed by atoms with E-state index in [4.69, 9.17) is 9.47 Å². The number of methoxy groups -OCH3 is 1. The van der Waals surface area contributed by atoms with Gasteiger partial charge < -0.3 is 20.1 Å². The first-order chi connectivity index (χ1) is 17.5. The van der Waals surface area contributed by atoms with Gasteiger partial charge >= 0.3 is 6.09 Å². The summed E-state index contributed by atoms with van der Waals surface area (Å²) < 4.78 is 37.3. The predicted molar refractivity (Wildman–Crippen MR) is 141 cm³/mol. The van der Waals surface area contributed by atoms with E-state index >= 15 is 0 Å². The number of hydrogen-bond donors (Lipinski definition) is 2. The van der Waals surface area contributed by atoms with Crippen molar-refractivity contribution in [3.8, 4) is 0 Å². The summed E-state index contributed by atoms with van der Waals surface area (Å²) in [4.78, 5) is 28.0. The van der Waals surface area contributed by atoms with Crippen LogP contribution in [0.25, 0.3) is 5.65 Å². The molecule has 2 aliphatic carbocycles. The molecule has 0 unspecified atom stereocenters. The molecule has 2 N–H and O–H groups in total. The molecule has 2 fully saturated rings. The van der Waals surface area contributed by atoms with E-state index in [1.54, 1.807) is 50.9 Å². The number of hydrogen-bond acceptors (Lipinski definition) is 6. The molecule has 2 aromatic rings. The molecule has 214 valence electrons. The number of nitrogens with one attached hydrogen (secondary N) is 2. The highest BCUT2D eigenvalue weighted by atomic mass is 19.3. The van der Waals surface area contributed by atoms with Gasteiger partial charge in [0.15, 0.2) is 5.65 Å². The van der Waals surface area contributed by atoms with Crippen molar-refractivity contribution in [3.05, 3.63) is 29.7 Å². The van der Waals surface area contributed by atoms with Gasteiger partial charge in [-0.15, -0.1) is 0 Å². The van der Waals surface area contributed by atoms with Gasteiger partial charge in [0, 0.05) is 32.9 Å². The second-order valence-corrected chi connectivity index (χ2v) is 11.7. The average Bonchev–Trinajstić information content (AvgIpc) is 3.60. The molecular weight excluding hydrogens is 496 g/mol. The minimum Gasteiger partial charge on any atom is -0.444 e. The highest BCUT2D eigenvalue weighted by Gasteiger charge is 2.45. The molecule has 0 bridgehead atoms. The number of alkyl halides is 2. The van der Waals surface area contributed by atoms with Crippen molar-refractivity contribution >= 4 is 17.6 Å². The summed E-state index contributed by atoms with van der Waals surface area (Å²) in [6.07, 6.45) is 6.91. The number of rotatable bonds is 6. The zero-order valence-electron chi connectivity index (χ0n) is 23.7. The fourth-order valence-corrected chi connectivity index (χ4v) is 3.09. The molecule has 0 saturated heterocycles. The van der Waals surface area contributed by atoms with E-state index in [1.165, 1.54) is 19.3 Å². The van der Waals surface area contributed by atoms with Crippen molar-refractivity contribution in [1.82, 2.24) is 25.2 Å². The van der Waals surface area contributed by atoms with Crippen LogP contribution in [-0.2, 0) is 27.4 Å². The summed E-state index contributed by atoms with van der Waals surface area (Å²) >= 11 is 0. The van der Waals surface area contributed by atoms with Crippen molar-refractivity contribution in [1.29, 1.82) is 0 Å². The number of amides is 2. The molecule has 38 heavy (non-hydrogen) atoms. The van der Waals surface area contributed by atoms with Crippen LogP contribution in [0.4, 0.5) is 13.6 Å². The van der Waals surface area contributed by atoms with Crippen LogP contribution in [0, 0.1) is 5.92 Å². The number of alkyl carbamates (subject to hydrolysis) is 1. The molecular formula is C27H43F2N5O4. The molecule has 0 atom stereocenters. The number of fused-ring (bicyclic) bond motifs is 1. The molecule has 11 heteroatoms. The van der Waals surface area contributed by atoms with Crippen molar-refractivity contribution in [2.24, 2.45) is 5.92 Å². The Morgan fingerprint density at radius 1 is 1.05 bits per heavy atom. The molecule has 2 aliphatic rings. The largest absolute Gasteiger partial charge is 0.444 e. The lowest BCUT2D eigenvalue weighted by atomic mass is 9.79. The summed E-state index contributed by atoms with van der Waals surface area (Å²) in [6, 6.07) is 1.77. The van der Waals surface area contributed by atoms with Crippen LogP contribution in [0.3, 0.4) is 0 Å². The van der Waals surface area contributed by atoms with Crippen LogP contribution in [-0.4, -0.2) is 50.8 Å². The van der Waals surface area contributed by atoms with Gasteiger partial charge in [-0.2, -0.15) is 5.10 Å². The highest BCUT2D eigenvalue weighted by molar-refractivity contribution is 5.76. The van der Waals surface area contributed by atoms with Crippen molar-refractivity contribution in [3.63, 3.8) is 0 Å². The molecule has 0 spiro atoms. The van der Waals surface area contributed by atoms with E-state index in [1.807, 2.05) is 20.8 Å². The SMILES string of the molecule is C1CC1.CC(C)(C)OC(=O)NCc1cn2ncc(CNC(=O)CC3CC(F)(F)C3)cc2n1.COC(C)(C)C. The molecule has 2 heterocycles. The maximum Gasteiger partial charge on any atom is 0.407 e. The fourth-order valence-electron chi connectivity index (χ4n) is 3.09. The fraction of sp³-hybridized carbons (Fsp3) is 0.704. The van der Waals surface area contributed by atoms with Crippen LogP contribution >= 0.6 is 0 Å². The van der Waals surface area contributed by atoms with Crippen molar-refractivity contribution < 1.29 is 27.8 Å². The monoisotopic (exact) mass is 539 g/mol. The lowest BCUT2D eigenvalue weighted by molar-refractivity contribution is -0.133. The Labute approximate surface area is 224 Å². The number of imidazole rings is 1. The first kappa shape index (κ1) is 31.4. The molecule has 9 nitrogen and oxygen atoms in total. The molecule has 0 radical (unpaired) electrons. The van der Waals surface area contributed by atoms with Gasteiger partial charge in [-0.3, -0.25) is 4.79 Å². The van der Waals surface area contributed by atoms with Crippen LogP contribution in [0.1, 0.15) is 91.3 Å². The first-order valence-corrected chi connectivity index (χ1v) is 13.0. The van der Waals surface area contributed by atoms with Crippen LogP contribution in [0.2, 0.25) is 0 Å². The van der Waals surface area contributed by atoms with Gasteiger partial charge in [-0.25, -0.2) is 23.1 Å². The summed E-state index contributed by atoms with van der Waals surface area (Å²) in [5.74, 6) is -3.12. The number of aromatic nitrogens is 3. The minimum atomic E-state index is -2.61. The molecule has 0 aromatic carbocycles. The quantitative estimate of drug-likeness (QED) is 0.509. The smallest absolute Gasteiger partial charge is 0.407 e. The third-order valence-corrected chi connectivity index (χ3v) is 5.34. The maximum atomic E-state index is 12.8. The summed E-state index contributed by atoms with van der Waals surface area (Å²) in [5.41, 5.74) is 1.37. The normalized spacial score (nSPS) is 16.2. The molecule has 2 aromatic heterocycles. The summed E-state index contributed by atoms with van der Waals surface area (Å²) in [6.45, 7) is 11.8. The van der Waals surface area contributed by atoms with E-state index in [-0.39, 0.29) is 49.8 Å². The van der Waals surface area contributed by atoms with E-state index in [0.717, 1.165) is 5.56 Å². The molecule has 2 amide bonds. The Kier molecular flexibility index (Phi) is 11.0. The van der Waals surface area contributed by atoms with Crippen LogP contribution in [0.5, 0.6) is 0 Å². The lowest BCUT2D eigenvalue weighted by Gasteiger charge is -2.34. The van der Waals surface area contributed by atoms with Gasteiger partial charge in [0.05, 0.1) is 30.2 Å². The number of ether oxygens (including phenoxy) is 2. The molecule has 4 rings (SSSR count). The van der Waals surface area contributed by atoms with Crippen LogP contribution in [0.15, 0.2) is 18.5 Å². The summed E-state index contributed by atoms with van der Waals surface area (Å²) in [7, 11) is 1.71. The lowest BCUT2D eigenvalue weighted by Crippen LogP contribution is -2.38. The topological polar surface area (TPSA) is 107 Å². The van der Waals surface area contributed by atoms with E-state index in [2.05, 4.69) is 20.7 Å². The Bertz CT molecular complexity index is 1050. The van der Waals surface area contributed by atoms with Gasteiger partial charge in [-0.1, -0.05) is 19.3 Å². The van der Waals surface area contributed by atoms with E-state index in [9.17, 15) is 18.4 Å². The summed E-state index contributed by atoms with van der Waals surface area (Å²) in [5, 5.41) is 9.59. The first-order valence-electron chi connectivity index (χ1n) is 13.0. The van der Waals surface area contributed by atoms with Gasteiger partial charge in [0.2, 0.25) is 11.8 Å². The predicted octanol–water partition coefficient (Wildman–Crippen LogP) is 5.41. The zero-order chi connectivity index (χ0) is 28.6. The zero-order valence-corrected chi connectivity index (χ0v) is 23.7. The Balaban J connectivity index is 0.000000479. The number of nitrogens with zero attached hydrogens (tertiary/aromatic N) is 3. The third kappa shape index (κ3) is 13.1. The van der Waals surface area contributed by atoms with Gasteiger partial charge in [0.1, 0.15) is 5.60 Å². The third-order valence-electron chi connectivity index (χ3n) is 5.34. The van der Waals surface area contributed by atoms with Crippen molar-refractivity contribution in [2.75, 3.05) is 7.11 Å². The van der Waals surface area contributed by atoms with Gasteiger partial charge in [-0.05, 0) is 59.1 Å². The molecule has 2 saturated carbocycles. The maximum absolute atomic E-state index is 12.8. The number of carbonyl (C=O) groups is 2. The number of carbonyl (C=O) groups excluding carboxylic acids is 2. The van der Waals surface area contributed by atoms with Crippen LogP contribution < -0.4 is 10.6 Å². The standard InChI is InChI=1S/C19H25F2N5O3.C5H12O.C3H6/c1-18(2,3)29-17(28)23-10-14-11-26-15(25-14)4-13(9-24-26)8-22-16(27)5-12-6-19(20,21)7-12;1-5(2,3)6-4;1-2-3-1/h4,9,11-12H,5-8,10H2,1-3H3,(H,22,27)(H,23,28);1-4H3;1-3H2.